The molecule has 3 nitrogen and oxygen atoms in total. The van der Waals surface area contributed by atoms with Crippen LogP contribution in [0.5, 0.6) is 0 Å². The first-order chi connectivity index (χ1) is 8.08. The van der Waals surface area contributed by atoms with Crippen LogP contribution in [0.1, 0.15) is 28.6 Å². The van der Waals surface area contributed by atoms with E-state index in [-0.39, 0.29) is 5.82 Å². The molecule has 0 saturated carbocycles. The van der Waals surface area contributed by atoms with Gasteiger partial charge < -0.3 is 5.73 Å². The lowest BCUT2D eigenvalue weighted by molar-refractivity contribution is 0.613. The number of hydrogen-bond acceptors (Lipinski definition) is 3. The molecule has 0 spiro atoms. The van der Waals surface area contributed by atoms with Crippen molar-refractivity contribution in [3.05, 3.63) is 58.9 Å². The van der Waals surface area contributed by atoms with E-state index in [0.29, 0.717) is 16.8 Å². The van der Waals surface area contributed by atoms with Crippen LogP contribution in [-0.4, -0.2) is 9.97 Å². The van der Waals surface area contributed by atoms with Gasteiger partial charge in [0.2, 0.25) is 0 Å². The Morgan fingerprint density at radius 3 is 2.53 bits per heavy atom. The van der Waals surface area contributed by atoms with Crippen LogP contribution in [0.25, 0.3) is 0 Å². The molecule has 1 unspecified atom stereocenters. The molecule has 4 heteroatoms. The van der Waals surface area contributed by atoms with E-state index in [1.165, 1.54) is 6.07 Å². The highest BCUT2D eigenvalue weighted by Crippen LogP contribution is 2.19. The Morgan fingerprint density at radius 1 is 1.18 bits per heavy atom. The third-order valence-corrected chi connectivity index (χ3v) is 2.67. The van der Waals surface area contributed by atoms with Crippen LogP contribution < -0.4 is 5.73 Å². The van der Waals surface area contributed by atoms with E-state index in [9.17, 15) is 4.39 Å². The van der Waals surface area contributed by atoms with Crippen LogP contribution >= 0.6 is 0 Å². The Bertz CT molecular complexity index is 523. The molecule has 2 rings (SSSR count). The molecule has 0 fully saturated rings. The van der Waals surface area contributed by atoms with Crippen LogP contribution in [0.3, 0.4) is 0 Å². The number of hydrogen-bond donors (Lipinski definition) is 1. The van der Waals surface area contributed by atoms with Gasteiger partial charge in [-0.05, 0) is 31.0 Å². The molecular formula is C13H14FN3. The largest absolute Gasteiger partial charge is 0.319 e. The Balaban J connectivity index is 2.33. The summed E-state index contributed by atoms with van der Waals surface area (Å²) in [5.74, 6) is -0.252. The van der Waals surface area contributed by atoms with Gasteiger partial charge in [0, 0.05) is 6.20 Å². The summed E-state index contributed by atoms with van der Waals surface area (Å²) >= 11 is 0. The smallest absolute Gasteiger partial charge is 0.126 e. The minimum Gasteiger partial charge on any atom is -0.319 e. The second kappa shape index (κ2) is 4.59. The number of halogens is 1. The van der Waals surface area contributed by atoms with E-state index in [1.54, 1.807) is 25.4 Å². The topological polar surface area (TPSA) is 51.8 Å². The average Bonchev–Trinajstić information content (AvgIpc) is 2.33. The average molecular weight is 231 g/mol. The van der Waals surface area contributed by atoms with Gasteiger partial charge in [-0.25, -0.2) is 4.39 Å². The third kappa shape index (κ3) is 2.47. The number of benzene rings is 1. The number of aryl methyl sites for hydroxylation is 2. The Hall–Kier alpha value is -1.81. The molecule has 2 aromatic rings. The molecule has 1 atom stereocenters. The van der Waals surface area contributed by atoms with Crippen molar-refractivity contribution >= 4 is 0 Å². The van der Waals surface area contributed by atoms with Crippen molar-refractivity contribution in [2.45, 2.75) is 19.9 Å². The zero-order chi connectivity index (χ0) is 12.4. The summed E-state index contributed by atoms with van der Waals surface area (Å²) in [4.78, 5) is 8.33. The van der Waals surface area contributed by atoms with Crippen LogP contribution in [0, 0.1) is 19.7 Å². The number of rotatable bonds is 2. The van der Waals surface area contributed by atoms with Gasteiger partial charge in [-0.1, -0.05) is 12.1 Å². The second-order valence-electron chi connectivity index (χ2n) is 4.07. The highest BCUT2D eigenvalue weighted by molar-refractivity contribution is 5.30. The van der Waals surface area contributed by atoms with Gasteiger partial charge >= 0.3 is 0 Å². The summed E-state index contributed by atoms with van der Waals surface area (Å²) in [5.41, 5.74) is 8.79. The van der Waals surface area contributed by atoms with Crippen molar-refractivity contribution in [2.24, 2.45) is 5.73 Å². The molecule has 0 bridgehead atoms. The lowest BCUT2D eigenvalue weighted by atomic mass is 10.0. The summed E-state index contributed by atoms with van der Waals surface area (Å²) in [6, 6.07) is 4.52. The quantitative estimate of drug-likeness (QED) is 0.862. The minimum absolute atomic E-state index is 0.252. The second-order valence-corrected chi connectivity index (χ2v) is 4.07. The fourth-order valence-electron chi connectivity index (χ4n) is 1.54. The Kier molecular flexibility index (Phi) is 3.15. The predicted molar refractivity (Wildman–Crippen MR) is 63.9 cm³/mol. The molecule has 0 aliphatic rings. The van der Waals surface area contributed by atoms with Crippen molar-refractivity contribution in [2.75, 3.05) is 0 Å². The minimum atomic E-state index is -0.446. The summed E-state index contributed by atoms with van der Waals surface area (Å²) in [6.45, 7) is 3.57. The molecule has 0 aliphatic carbocycles. The van der Waals surface area contributed by atoms with Gasteiger partial charge in [-0.2, -0.15) is 0 Å². The van der Waals surface area contributed by atoms with E-state index >= 15 is 0 Å². The molecule has 2 N–H and O–H groups in total. The third-order valence-electron chi connectivity index (χ3n) is 2.67. The first-order valence-electron chi connectivity index (χ1n) is 5.38. The van der Waals surface area contributed by atoms with E-state index < -0.39 is 6.04 Å². The van der Waals surface area contributed by atoms with Gasteiger partial charge in [0.05, 0.1) is 23.6 Å². The molecule has 1 aromatic heterocycles. The first-order valence-corrected chi connectivity index (χ1v) is 5.38. The zero-order valence-electron chi connectivity index (χ0n) is 9.81. The number of nitrogens with zero attached hydrogens (tertiary/aromatic N) is 2. The molecule has 0 saturated heterocycles. The van der Waals surface area contributed by atoms with Gasteiger partial charge in [-0.15, -0.1) is 0 Å². The van der Waals surface area contributed by atoms with Crippen molar-refractivity contribution in [1.29, 1.82) is 0 Å². The maximum Gasteiger partial charge on any atom is 0.126 e. The predicted octanol–water partition coefficient (Wildman–Crippen LogP) is 2.28. The van der Waals surface area contributed by atoms with Gasteiger partial charge in [0.15, 0.2) is 0 Å². The van der Waals surface area contributed by atoms with Crippen LogP contribution in [0.2, 0.25) is 0 Å². The van der Waals surface area contributed by atoms with Gasteiger partial charge in [-0.3, -0.25) is 9.97 Å². The van der Waals surface area contributed by atoms with E-state index in [1.807, 2.05) is 13.0 Å². The van der Waals surface area contributed by atoms with Crippen molar-refractivity contribution in [1.82, 2.24) is 9.97 Å². The SMILES string of the molecule is Cc1cnc(C(N)c2ccc(C)c(F)c2)cn1. The summed E-state index contributed by atoms with van der Waals surface area (Å²) in [5, 5.41) is 0. The highest BCUT2D eigenvalue weighted by atomic mass is 19.1. The van der Waals surface area contributed by atoms with E-state index in [2.05, 4.69) is 9.97 Å². The Morgan fingerprint density at radius 2 is 1.94 bits per heavy atom. The summed E-state index contributed by atoms with van der Waals surface area (Å²) in [6.07, 6.45) is 3.28. The fraction of sp³-hybridized carbons (Fsp3) is 0.231. The maximum atomic E-state index is 13.4. The van der Waals surface area contributed by atoms with Crippen LogP contribution in [0.15, 0.2) is 30.6 Å². The molecule has 1 heterocycles. The monoisotopic (exact) mass is 231 g/mol. The van der Waals surface area contributed by atoms with E-state index in [4.69, 9.17) is 5.73 Å². The van der Waals surface area contributed by atoms with Crippen molar-refractivity contribution in [3.8, 4) is 0 Å². The van der Waals surface area contributed by atoms with Crippen LogP contribution in [0.4, 0.5) is 4.39 Å². The normalized spacial score (nSPS) is 12.5. The molecule has 0 radical (unpaired) electrons. The van der Waals surface area contributed by atoms with Gasteiger partial charge in [0.1, 0.15) is 5.82 Å². The lowest BCUT2D eigenvalue weighted by Crippen LogP contribution is -2.14. The maximum absolute atomic E-state index is 13.4. The lowest BCUT2D eigenvalue weighted by Gasteiger charge is -2.12. The van der Waals surface area contributed by atoms with Crippen molar-refractivity contribution in [3.63, 3.8) is 0 Å². The fourth-order valence-corrected chi connectivity index (χ4v) is 1.54. The first kappa shape index (κ1) is 11.7. The highest BCUT2D eigenvalue weighted by Gasteiger charge is 2.12. The Labute approximate surface area is 99.5 Å². The summed E-state index contributed by atoms with van der Waals surface area (Å²) in [7, 11) is 0. The summed E-state index contributed by atoms with van der Waals surface area (Å²) < 4.78 is 13.4. The molecular weight excluding hydrogens is 217 g/mol. The van der Waals surface area contributed by atoms with Crippen molar-refractivity contribution < 1.29 is 4.39 Å². The van der Waals surface area contributed by atoms with Gasteiger partial charge in [0.25, 0.3) is 0 Å². The molecule has 1 aromatic carbocycles. The number of nitrogens with two attached hydrogens (primary N) is 1. The standard InChI is InChI=1S/C13H14FN3/c1-8-3-4-10(5-11(8)14)13(15)12-7-16-9(2)6-17-12/h3-7,13H,15H2,1-2H3. The zero-order valence-corrected chi connectivity index (χ0v) is 9.81. The molecule has 17 heavy (non-hydrogen) atoms. The molecule has 0 amide bonds. The van der Waals surface area contributed by atoms with Crippen LogP contribution in [-0.2, 0) is 0 Å². The molecule has 88 valence electrons. The molecule has 0 aliphatic heterocycles. The van der Waals surface area contributed by atoms with E-state index in [0.717, 1.165) is 5.69 Å². The number of aromatic nitrogens is 2.